The van der Waals surface area contributed by atoms with Gasteiger partial charge < -0.3 is 4.74 Å². The van der Waals surface area contributed by atoms with E-state index in [0.29, 0.717) is 5.56 Å². The first-order chi connectivity index (χ1) is 7.54. The van der Waals surface area contributed by atoms with Crippen LogP contribution in [0.25, 0.3) is 0 Å². The summed E-state index contributed by atoms with van der Waals surface area (Å²) in [4.78, 5) is 0. The molecule has 1 unspecified atom stereocenters. The van der Waals surface area contributed by atoms with E-state index < -0.39 is 9.05 Å². The van der Waals surface area contributed by atoms with Gasteiger partial charge in [-0.05, 0) is 24.0 Å². The maximum absolute atomic E-state index is 10.9. The molecule has 0 aromatic heterocycles. The fourth-order valence-electron chi connectivity index (χ4n) is 1.87. The van der Waals surface area contributed by atoms with Crippen LogP contribution in [0, 0.1) is 0 Å². The molecule has 5 heteroatoms. The van der Waals surface area contributed by atoms with Gasteiger partial charge >= 0.3 is 0 Å². The summed E-state index contributed by atoms with van der Waals surface area (Å²) in [6, 6.07) is 7.40. The van der Waals surface area contributed by atoms with Crippen molar-refractivity contribution >= 4 is 19.7 Å². The van der Waals surface area contributed by atoms with Crippen LogP contribution in [0.1, 0.15) is 30.1 Å². The van der Waals surface area contributed by atoms with Gasteiger partial charge in [0.2, 0.25) is 9.05 Å². The highest BCUT2D eigenvalue weighted by Crippen LogP contribution is 2.28. The van der Waals surface area contributed by atoms with E-state index in [9.17, 15) is 8.42 Å². The highest BCUT2D eigenvalue weighted by atomic mass is 35.7. The fraction of sp³-hybridized carbons (Fsp3) is 0.455. The molecule has 3 nitrogen and oxygen atoms in total. The molecule has 0 aliphatic carbocycles. The summed E-state index contributed by atoms with van der Waals surface area (Å²) >= 11 is 0. The standard InChI is InChI=1S/C11H13ClO3S/c12-16(13,14)8-9-3-5-10(6-4-9)11-2-1-7-15-11/h3-6,11H,1-2,7-8H2. The quantitative estimate of drug-likeness (QED) is 0.785. The van der Waals surface area contributed by atoms with Gasteiger partial charge in [0.1, 0.15) is 0 Å². The predicted octanol–water partition coefficient (Wildman–Crippen LogP) is 2.61. The van der Waals surface area contributed by atoms with Crippen molar-refractivity contribution in [1.29, 1.82) is 0 Å². The Morgan fingerprint density at radius 2 is 2.00 bits per heavy atom. The van der Waals surface area contributed by atoms with Crippen LogP contribution in [0.15, 0.2) is 24.3 Å². The molecule has 0 saturated carbocycles. The zero-order chi connectivity index (χ0) is 11.6. The van der Waals surface area contributed by atoms with Gasteiger partial charge in [0, 0.05) is 17.3 Å². The van der Waals surface area contributed by atoms with E-state index in [0.717, 1.165) is 25.0 Å². The van der Waals surface area contributed by atoms with Crippen molar-refractivity contribution < 1.29 is 13.2 Å². The Balaban J connectivity index is 2.10. The number of halogens is 1. The number of rotatable bonds is 3. The summed E-state index contributed by atoms with van der Waals surface area (Å²) < 4.78 is 27.3. The summed E-state index contributed by atoms with van der Waals surface area (Å²) in [7, 11) is 1.71. The molecule has 1 fully saturated rings. The molecule has 88 valence electrons. The van der Waals surface area contributed by atoms with Gasteiger partial charge in [-0.25, -0.2) is 8.42 Å². The minimum absolute atomic E-state index is 0.125. The van der Waals surface area contributed by atoms with Gasteiger partial charge in [-0.2, -0.15) is 0 Å². The van der Waals surface area contributed by atoms with Crippen LogP contribution < -0.4 is 0 Å². The molecule has 2 rings (SSSR count). The predicted molar refractivity (Wildman–Crippen MR) is 62.8 cm³/mol. The Morgan fingerprint density at radius 3 is 2.50 bits per heavy atom. The maximum Gasteiger partial charge on any atom is 0.236 e. The largest absolute Gasteiger partial charge is 0.374 e. The van der Waals surface area contributed by atoms with E-state index in [4.69, 9.17) is 15.4 Å². The molecule has 1 heterocycles. The summed E-state index contributed by atoms with van der Waals surface area (Å²) in [6.07, 6.45) is 2.29. The highest BCUT2D eigenvalue weighted by molar-refractivity contribution is 8.13. The van der Waals surface area contributed by atoms with E-state index in [1.54, 1.807) is 12.1 Å². The second-order valence-corrected chi connectivity index (χ2v) is 6.70. The zero-order valence-corrected chi connectivity index (χ0v) is 10.3. The molecule has 1 saturated heterocycles. The average Bonchev–Trinajstić information content (AvgIpc) is 2.69. The lowest BCUT2D eigenvalue weighted by Gasteiger charge is -2.09. The molecule has 1 aromatic rings. The van der Waals surface area contributed by atoms with Crippen molar-refractivity contribution in [2.45, 2.75) is 24.7 Å². The molecule has 1 aliphatic rings. The average molecular weight is 261 g/mol. The molecule has 0 spiro atoms. The lowest BCUT2D eigenvalue weighted by molar-refractivity contribution is 0.112. The Kier molecular flexibility index (Phi) is 3.52. The topological polar surface area (TPSA) is 43.4 Å². The van der Waals surface area contributed by atoms with E-state index >= 15 is 0 Å². The van der Waals surface area contributed by atoms with Gasteiger partial charge in [-0.1, -0.05) is 24.3 Å². The van der Waals surface area contributed by atoms with Crippen molar-refractivity contribution in [3.63, 3.8) is 0 Å². The molecule has 1 aliphatic heterocycles. The molecular weight excluding hydrogens is 248 g/mol. The summed E-state index contributed by atoms with van der Waals surface area (Å²) in [5.74, 6) is -0.125. The van der Waals surface area contributed by atoms with E-state index in [1.807, 2.05) is 12.1 Å². The number of benzene rings is 1. The van der Waals surface area contributed by atoms with Crippen molar-refractivity contribution in [1.82, 2.24) is 0 Å². The van der Waals surface area contributed by atoms with Gasteiger partial charge in [-0.15, -0.1) is 0 Å². The molecule has 0 amide bonds. The first-order valence-corrected chi connectivity index (χ1v) is 7.65. The van der Waals surface area contributed by atoms with E-state index in [1.165, 1.54) is 0 Å². The van der Waals surface area contributed by atoms with Crippen molar-refractivity contribution in [3.05, 3.63) is 35.4 Å². The van der Waals surface area contributed by atoms with Crippen LogP contribution >= 0.6 is 10.7 Å². The molecule has 0 radical (unpaired) electrons. The lowest BCUT2D eigenvalue weighted by atomic mass is 10.1. The Hall–Kier alpha value is -0.580. The molecule has 16 heavy (non-hydrogen) atoms. The minimum Gasteiger partial charge on any atom is -0.374 e. The van der Waals surface area contributed by atoms with Crippen molar-refractivity contribution in [2.24, 2.45) is 0 Å². The Labute approximate surface area is 99.8 Å². The van der Waals surface area contributed by atoms with Crippen LogP contribution in [0.4, 0.5) is 0 Å². The number of hydrogen-bond acceptors (Lipinski definition) is 3. The van der Waals surface area contributed by atoms with Crippen LogP contribution in [-0.4, -0.2) is 15.0 Å². The van der Waals surface area contributed by atoms with Crippen LogP contribution in [-0.2, 0) is 19.5 Å². The monoisotopic (exact) mass is 260 g/mol. The van der Waals surface area contributed by atoms with Crippen LogP contribution in [0.5, 0.6) is 0 Å². The minimum atomic E-state index is -3.47. The third-order valence-electron chi connectivity index (χ3n) is 2.62. The van der Waals surface area contributed by atoms with Gasteiger partial charge in [0.15, 0.2) is 0 Å². The molecule has 1 atom stereocenters. The zero-order valence-electron chi connectivity index (χ0n) is 8.73. The molecule has 0 N–H and O–H groups in total. The van der Waals surface area contributed by atoms with Gasteiger partial charge in [-0.3, -0.25) is 0 Å². The summed E-state index contributed by atoms with van der Waals surface area (Å²) in [5, 5.41) is 0. The van der Waals surface area contributed by atoms with Crippen molar-refractivity contribution in [3.8, 4) is 0 Å². The maximum atomic E-state index is 10.9. The first kappa shape index (κ1) is 11.9. The Morgan fingerprint density at radius 1 is 1.31 bits per heavy atom. The molecular formula is C11H13ClO3S. The molecule has 0 bridgehead atoms. The third kappa shape index (κ3) is 3.20. The smallest absolute Gasteiger partial charge is 0.236 e. The van der Waals surface area contributed by atoms with E-state index in [2.05, 4.69) is 0 Å². The highest BCUT2D eigenvalue weighted by Gasteiger charge is 2.17. The number of hydrogen-bond donors (Lipinski definition) is 0. The fourth-order valence-corrected chi connectivity index (χ4v) is 2.84. The lowest BCUT2D eigenvalue weighted by Crippen LogP contribution is -1.98. The van der Waals surface area contributed by atoms with Gasteiger partial charge in [0.25, 0.3) is 0 Å². The Bertz CT molecular complexity index is 447. The SMILES string of the molecule is O=S(=O)(Cl)Cc1ccc(C2CCCO2)cc1. The van der Waals surface area contributed by atoms with Crippen molar-refractivity contribution in [2.75, 3.05) is 6.61 Å². The first-order valence-electron chi connectivity index (χ1n) is 5.17. The number of ether oxygens (including phenoxy) is 1. The third-order valence-corrected chi connectivity index (χ3v) is 3.63. The second-order valence-electron chi connectivity index (χ2n) is 3.93. The normalized spacial score (nSPS) is 21.2. The van der Waals surface area contributed by atoms with E-state index in [-0.39, 0.29) is 11.9 Å². The second kappa shape index (κ2) is 4.73. The van der Waals surface area contributed by atoms with Crippen LogP contribution in [0.2, 0.25) is 0 Å². The summed E-state index contributed by atoms with van der Waals surface area (Å²) in [6.45, 7) is 0.808. The molecule has 1 aromatic carbocycles. The summed E-state index contributed by atoms with van der Waals surface area (Å²) in [5.41, 5.74) is 1.81. The van der Waals surface area contributed by atoms with Gasteiger partial charge in [0.05, 0.1) is 11.9 Å². The van der Waals surface area contributed by atoms with Crippen LogP contribution in [0.3, 0.4) is 0 Å².